The van der Waals surface area contributed by atoms with Crippen LogP contribution in [0.5, 0.6) is 0 Å². The van der Waals surface area contributed by atoms with Crippen LogP contribution in [0.1, 0.15) is 5.69 Å². The molecule has 0 unspecified atom stereocenters. The summed E-state index contributed by atoms with van der Waals surface area (Å²) in [5.41, 5.74) is 1.10. The molecule has 0 fully saturated rings. The van der Waals surface area contributed by atoms with Crippen LogP contribution in [0.2, 0.25) is 0 Å². The standard InChI is InChI=1S/C20H21N2P.3CHO.Mn/c1-3-10-19(11-4-1)23(20-12-5-2-6-13-20)16-15-21-17-18-9-7-8-14-22-18;3*1-2;/h1-14,21H,15-17H2;3*1H;/q;3*-1;/p+1. The van der Waals surface area contributed by atoms with Crippen molar-refractivity contribution in [2.45, 2.75) is 6.54 Å². The van der Waals surface area contributed by atoms with E-state index in [9.17, 15) is 0 Å². The van der Waals surface area contributed by atoms with E-state index in [0.29, 0.717) is 0 Å². The quantitative estimate of drug-likeness (QED) is 0.191. The van der Waals surface area contributed by atoms with Crippen LogP contribution in [0.15, 0.2) is 85.1 Å². The predicted molar refractivity (Wildman–Crippen MR) is 122 cm³/mol. The monoisotopic (exact) mass is 463 g/mol. The fourth-order valence-electron chi connectivity index (χ4n) is 2.67. The molecule has 0 bridgehead atoms. The normalized spacial score (nSPS) is 8.70. The molecule has 2 aromatic carbocycles. The molecule has 159 valence electrons. The van der Waals surface area contributed by atoms with Crippen molar-refractivity contribution in [1.82, 2.24) is 10.3 Å². The Morgan fingerprint density at radius 3 is 1.60 bits per heavy atom. The zero-order valence-corrected chi connectivity index (χ0v) is 18.7. The molecule has 0 saturated carbocycles. The first-order chi connectivity index (χ1) is 14.4. The summed E-state index contributed by atoms with van der Waals surface area (Å²) in [6, 6.07) is 27.9. The van der Waals surface area contributed by atoms with Gasteiger partial charge in [-0.05, 0) is 36.4 Å². The second kappa shape index (κ2) is 21.2. The van der Waals surface area contributed by atoms with Gasteiger partial charge in [0.2, 0.25) is 0 Å². The molecule has 0 aliphatic rings. The Hall–Kier alpha value is -2.49. The van der Waals surface area contributed by atoms with Gasteiger partial charge in [-0.1, -0.05) is 42.5 Å². The molecule has 7 heteroatoms. The van der Waals surface area contributed by atoms with Gasteiger partial charge in [0.1, 0.15) is 0 Å². The second-order valence-electron chi connectivity index (χ2n) is 5.46. The van der Waals surface area contributed by atoms with Gasteiger partial charge < -0.3 is 19.7 Å². The van der Waals surface area contributed by atoms with E-state index in [1.54, 1.807) is 0 Å². The first-order valence-electron chi connectivity index (χ1n) is 8.71. The van der Waals surface area contributed by atoms with Crippen molar-refractivity contribution in [1.29, 1.82) is 0 Å². The molecule has 1 aromatic heterocycles. The van der Waals surface area contributed by atoms with Crippen LogP contribution in [-0.2, 0) is 38.0 Å². The Balaban J connectivity index is 0. The van der Waals surface area contributed by atoms with Gasteiger partial charge in [-0.25, -0.2) is 0 Å². The van der Waals surface area contributed by atoms with Crippen molar-refractivity contribution in [3.63, 3.8) is 0 Å². The summed E-state index contributed by atoms with van der Waals surface area (Å²) >= 11 is 0. The summed E-state index contributed by atoms with van der Waals surface area (Å²) in [6.07, 6.45) is 3.02. The van der Waals surface area contributed by atoms with Gasteiger partial charge in [-0.2, -0.15) is 0 Å². The van der Waals surface area contributed by atoms with E-state index in [4.69, 9.17) is 14.4 Å². The molecule has 0 saturated heterocycles. The van der Waals surface area contributed by atoms with E-state index in [0.717, 1.165) is 18.8 Å². The van der Waals surface area contributed by atoms with Gasteiger partial charge in [0.05, 0.1) is 30.4 Å². The average molecular weight is 463 g/mol. The van der Waals surface area contributed by atoms with Crippen LogP contribution < -0.4 is 15.9 Å². The van der Waals surface area contributed by atoms with Crippen LogP contribution in [-0.4, -0.2) is 38.1 Å². The summed E-state index contributed by atoms with van der Waals surface area (Å²) < 4.78 is 0. The van der Waals surface area contributed by atoms with E-state index < -0.39 is 7.92 Å². The summed E-state index contributed by atoms with van der Waals surface area (Å²) in [5.74, 6) is 0. The first-order valence-corrected chi connectivity index (χ1v) is 10.4. The number of nitrogens with one attached hydrogen (secondary N) is 1. The molecule has 30 heavy (non-hydrogen) atoms. The number of nitrogens with zero attached hydrogens (tertiary/aromatic N) is 1. The molecule has 0 spiro atoms. The Morgan fingerprint density at radius 2 is 1.17 bits per heavy atom. The molecule has 3 rings (SSSR count). The molecule has 0 amide bonds. The first kappa shape index (κ1) is 29.7. The fraction of sp³-hybridized carbons (Fsp3) is 0.130. The Kier molecular flexibility index (Phi) is 21.0. The molecule has 0 aliphatic heterocycles. The van der Waals surface area contributed by atoms with Crippen molar-refractivity contribution >= 4 is 38.9 Å². The van der Waals surface area contributed by atoms with Gasteiger partial charge in [-0.3, -0.25) is 25.4 Å². The maximum absolute atomic E-state index is 7.75. The minimum Gasteiger partial charge on any atom is -0.545 e. The van der Waals surface area contributed by atoms with E-state index in [1.165, 1.54) is 16.8 Å². The van der Waals surface area contributed by atoms with Crippen LogP contribution in [0.3, 0.4) is 0 Å². The van der Waals surface area contributed by atoms with Gasteiger partial charge in [0.25, 0.3) is 0 Å². The van der Waals surface area contributed by atoms with Crippen molar-refractivity contribution in [2.24, 2.45) is 0 Å². The fourth-order valence-corrected chi connectivity index (χ4v) is 5.19. The summed E-state index contributed by atoms with van der Waals surface area (Å²) in [5, 5.41) is 6.49. The summed E-state index contributed by atoms with van der Waals surface area (Å²) in [6.45, 7) is 11.6. The Morgan fingerprint density at radius 1 is 0.700 bits per heavy atom. The van der Waals surface area contributed by atoms with Crippen LogP contribution in [0.25, 0.3) is 0 Å². The van der Waals surface area contributed by atoms with E-state index in [2.05, 4.69) is 97.4 Å². The SMILES string of the molecule is [CH-]=O.[CH-]=O.[CH-]=O.[Mn].c1ccc([PH+](CCNCc2ccccn2)c2ccccc2)cc1. The van der Waals surface area contributed by atoms with Gasteiger partial charge in [-0.15, -0.1) is 0 Å². The molecule has 1 heterocycles. The van der Waals surface area contributed by atoms with E-state index in [-0.39, 0.29) is 17.1 Å². The largest absolute Gasteiger partial charge is 0.545 e. The average Bonchev–Trinajstić information content (AvgIpc) is 2.85. The van der Waals surface area contributed by atoms with E-state index >= 15 is 0 Å². The summed E-state index contributed by atoms with van der Waals surface area (Å²) in [4.78, 5) is 27.6. The molecule has 3 aromatic rings. The van der Waals surface area contributed by atoms with Gasteiger partial charge in [0, 0.05) is 36.4 Å². The Bertz CT molecular complexity index is 708. The van der Waals surface area contributed by atoms with Crippen molar-refractivity contribution < 1.29 is 31.5 Å². The van der Waals surface area contributed by atoms with Crippen molar-refractivity contribution in [3.8, 4) is 0 Å². The third-order valence-electron chi connectivity index (χ3n) is 3.83. The van der Waals surface area contributed by atoms with Gasteiger partial charge >= 0.3 is 0 Å². The minimum absolute atomic E-state index is 0. The molecule has 5 nitrogen and oxygen atoms in total. The number of carbonyl (C=O) groups excluding carboxylic acids is 3. The molecular weight excluding hydrogens is 438 g/mol. The third-order valence-corrected chi connectivity index (χ3v) is 6.64. The Labute approximate surface area is 190 Å². The zero-order chi connectivity index (χ0) is 21.7. The maximum Gasteiger partial charge on any atom is 0.0967 e. The predicted octanol–water partition coefficient (Wildman–Crippen LogP) is 2.21. The number of pyridine rings is 1. The molecule has 0 atom stereocenters. The van der Waals surface area contributed by atoms with Gasteiger partial charge in [0.15, 0.2) is 0 Å². The van der Waals surface area contributed by atoms with Crippen molar-refractivity contribution in [3.05, 3.63) is 90.8 Å². The van der Waals surface area contributed by atoms with Crippen LogP contribution >= 0.6 is 7.92 Å². The number of hydrogen-bond donors (Lipinski definition) is 1. The third kappa shape index (κ3) is 11.5. The second-order valence-corrected chi connectivity index (χ2v) is 8.07. The number of rotatable bonds is 7. The molecule has 0 aliphatic carbocycles. The maximum atomic E-state index is 7.75. The molecule has 1 radical (unpaired) electrons. The summed E-state index contributed by atoms with van der Waals surface area (Å²) in [7, 11) is -0.737. The van der Waals surface area contributed by atoms with E-state index in [1.807, 2.05) is 18.3 Å². The topological polar surface area (TPSA) is 76.1 Å². The number of benzene rings is 2. The van der Waals surface area contributed by atoms with Crippen LogP contribution in [0, 0.1) is 0 Å². The molecular formula is C23H25MnN2O3P-2. The molecule has 1 N–H and O–H groups in total. The number of hydrogen-bond acceptors (Lipinski definition) is 5. The van der Waals surface area contributed by atoms with Crippen molar-refractivity contribution in [2.75, 3.05) is 12.7 Å². The minimum atomic E-state index is -0.737. The smallest absolute Gasteiger partial charge is 0.0967 e. The number of aromatic nitrogens is 1. The zero-order valence-electron chi connectivity index (χ0n) is 16.5. The van der Waals surface area contributed by atoms with Crippen LogP contribution in [0.4, 0.5) is 0 Å².